The molecule has 3 aromatic carbocycles. The smallest absolute Gasteiger partial charge is 0.300 e. The number of aliphatic hydroxyl groups is 1. The second-order valence-electron chi connectivity index (χ2n) is 7.50. The molecule has 0 saturated carbocycles. The van der Waals surface area contributed by atoms with Gasteiger partial charge in [0.2, 0.25) is 0 Å². The summed E-state index contributed by atoms with van der Waals surface area (Å²) in [4.78, 5) is 27.9. The van der Waals surface area contributed by atoms with Crippen LogP contribution in [0.3, 0.4) is 0 Å². The van der Waals surface area contributed by atoms with Crippen molar-refractivity contribution in [3.63, 3.8) is 0 Å². The molecule has 1 fully saturated rings. The number of carbonyl (C=O) groups is 2. The van der Waals surface area contributed by atoms with Gasteiger partial charge in [0.05, 0.1) is 30.9 Å². The van der Waals surface area contributed by atoms with E-state index < -0.39 is 23.5 Å². The fourth-order valence-electron chi connectivity index (χ4n) is 3.99. The summed E-state index contributed by atoms with van der Waals surface area (Å²) in [5, 5.41) is 12.1. The van der Waals surface area contributed by atoms with Crippen molar-refractivity contribution in [2.24, 2.45) is 0 Å². The molecule has 0 radical (unpaired) electrons. The Morgan fingerprint density at radius 1 is 1.00 bits per heavy atom. The number of benzene rings is 3. The van der Waals surface area contributed by atoms with Crippen molar-refractivity contribution >= 4 is 46.3 Å². The lowest BCUT2D eigenvalue weighted by Gasteiger charge is -2.26. The third-order valence-corrected chi connectivity index (χ3v) is 5.90. The van der Waals surface area contributed by atoms with Crippen molar-refractivity contribution in [3.8, 4) is 11.5 Å². The van der Waals surface area contributed by atoms with Crippen molar-refractivity contribution < 1.29 is 24.2 Å². The van der Waals surface area contributed by atoms with Crippen LogP contribution in [0.2, 0.25) is 10.0 Å². The monoisotopic (exact) mass is 497 g/mol. The average molecular weight is 498 g/mol. The molecule has 1 aliphatic heterocycles. The number of hydrogen-bond donors (Lipinski definition) is 1. The summed E-state index contributed by atoms with van der Waals surface area (Å²) in [6.07, 6.45) is 0. The molecule has 0 spiro atoms. The number of carbonyl (C=O) groups excluding carboxylic acids is 2. The number of hydrogen-bond acceptors (Lipinski definition) is 5. The number of halogens is 2. The number of ether oxygens (including phenoxy) is 2. The number of amides is 1. The lowest BCUT2D eigenvalue weighted by molar-refractivity contribution is -0.132. The normalized spacial score (nSPS) is 17.2. The molecule has 0 bridgehead atoms. The number of Topliss-reactive ketones (excluding diaryl/α,β-unsaturated/α-hetero) is 1. The van der Waals surface area contributed by atoms with Crippen molar-refractivity contribution in [3.05, 3.63) is 93.5 Å². The quantitative estimate of drug-likeness (QED) is 0.255. The summed E-state index contributed by atoms with van der Waals surface area (Å²) >= 11 is 12.3. The maximum Gasteiger partial charge on any atom is 0.300 e. The molecule has 1 amide bonds. The predicted octanol–water partition coefficient (Wildman–Crippen LogP) is 6.03. The first kappa shape index (κ1) is 23.7. The van der Waals surface area contributed by atoms with E-state index in [1.165, 1.54) is 18.1 Å². The number of rotatable bonds is 6. The van der Waals surface area contributed by atoms with Crippen LogP contribution >= 0.6 is 23.2 Å². The third-order valence-electron chi connectivity index (χ3n) is 5.43. The van der Waals surface area contributed by atoms with Gasteiger partial charge in [-0.25, -0.2) is 0 Å². The maximum absolute atomic E-state index is 13.3. The highest BCUT2D eigenvalue weighted by Crippen LogP contribution is 2.44. The Balaban J connectivity index is 1.99. The molecule has 1 heterocycles. The standard InChI is InChI=1S/C26H21Cl2NO5/c1-3-34-19-9-4-6-15(12-19)23-22(24(30)20-14-17(28)10-11-21(20)33-2)25(31)26(32)29(23)18-8-5-7-16(27)13-18/h4-14,23,30H,3H2,1-2H3/b24-22+. The molecule has 1 unspecified atom stereocenters. The Morgan fingerprint density at radius 2 is 1.74 bits per heavy atom. The molecule has 34 heavy (non-hydrogen) atoms. The van der Waals surface area contributed by atoms with Crippen LogP contribution in [0.1, 0.15) is 24.1 Å². The Kier molecular flexibility index (Phi) is 6.82. The molecule has 174 valence electrons. The first-order chi connectivity index (χ1) is 16.3. The zero-order valence-corrected chi connectivity index (χ0v) is 19.9. The SMILES string of the molecule is CCOc1cccc(C2/C(=C(\O)c3cc(Cl)ccc3OC)C(=O)C(=O)N2c2cccc(Cl)c2)c1. The minimum Gasteiger partial charge on any atom is -0.507 e. The summed E-state index contributed by atoms with van der Waals surface area (Å²) in [6.45, 7) is 2.30. The molecule has 6 nitrogen and oxygen atoms in total. The zero-order valence-electron chi connectivity index (χ0n) is 18.4. The van der Waals surface area contributed by atoms with Crippen LogP contribution in [0, 0.1) is 0 Å². The van der Waals surface area contributed by atoms with Gasteiger partial charge in [0.25, 0.3) is 11.7 Å². The van der Waals surface area contributed by atoms with E-state index in [-0.39, 0.29) is 11.1 Å². The summed E-state index contributed by atoms with van der Waals surface area (Å²) in [6, 6.07) is 17.4. The van der Waals surface area contributed by atoms with E-state index >= 15 is 0 Å². The molecule has 8 heteroatoms. The van der Waals surface area contributed by atoms with E-state index in [4.69, 9.17) is 32.7 Å². The highest BCUT2D eigenvalue weighted by molar-refractivity contribution is 6.52. The molecule has 3 aromatic rings. The van der Waals surface area contributed by atoms with Gasteiger partial charge in [0.1, 0.15) is 17.3 Å². The van der Waals surface area contributed by atoms with Gasteiger partial charge in [0, 0.05) is 15.7 Å². The highest BCUT2D eigenvalue weighted by Gasteiger charge is 2.47. The Hall–Kier alpha value is -3.48. The maximum atomic E-state index is 13.3. The van der Waals surface area contributed by atoms with Crippen LogP contribution in [0.15, 0.2) is 72.3 Å². The van der Waals surface area contributed by atoms with Crippen molar-refractivity contribution in [1.82, 2.24) is 0 Å². The Labute approximate surface area is 206 Å². The van der Waals surface area contributed by atoms with Gasteiger partial charge in [-0.2, -0.15) is 0 Å². The molecular weight excluding hydrogens is 477 g/mol. The lowest BCUT2D eigenvalue weighted by Crippen LogP contribution is -2.29. The number of methoxy groups -OCH3 is 1. The zero-order chi connectivity index (χ0) is 24.4. The van der Waals surface area contributed by atoms with Gasteiger partial charge in [-0.3, -0.25) is 14.5 Å². The van der Waals surface area contributed by atoms with Crippen LogP contribution in [-0.4, -0.2) is 30.5 Å². The van der Waals surface area contributed by atoms with E-state index in [1.807, 2.05) is 6.92 Å². The number of aliphatic hydroxyl groups excluding tert-OH is 1. The molecule has 1 saturated heterocycles. The molecule has 1 N–H and O–H groups in total. The van der Waals surface area contributed by atoms with Crippen LogP contribution in [0.4, 0.5) is 5.69 Å². The number of ketones is 1. The minimum atomic E-state index is -0.942. The second-order valence-corrected chi connectivity index (χ2v) is 8.37. The minimum absolute atomic E-state index is 0.0980. The van der Waals surface area contributed by atoms with Crippen LogP contribution in [0.25, 0.3) is 5.76 Å². The fourth-order valence-corrected chi connectivity index (χ4v) is 4.35. The first-order valence-corrected chi connectivity index (χ1v) is 11.2. The predicted molar refractivity (Wildman–Crippen MR) is 132 cm³/mol. The Morgan fingerprint density at radius 3 is 2.44 bits per heavy atom. The molecule has 1 atom stereocenters. The van der Waals surface area contributed by atoms with E-state index in [1.54, 1.807) is 60.7 Å². The largest absolute Gasteiger partial charge is 0.507 e. The van der Waals surface area contributed by atoms with E-state index in [0.29, 0.717) is 39.4 Å². The molecule has 4 rings (SSSR count). The molecule has 0 aliphatic carbocycles. The Bertz CT molecular complexity index is 1300. The molecule has 0 aromatic heterocycles. The highest BCUT2D eigenvalue weighted by atomic mass is 35.5. The van der Waals surface area contributed by atoms with Crippen LogP contribution in [-0.2, 0) is 9.59 Å². The van der Waals surface area contributed by atoms with Crippen LogP contribution in [0.5, 0.6) is 11.5 Å². The summed E-state index contributed by atoms with van der Waals surface area (Å²) in [7, 11) is 1.44. The van der Waals surface area contributed by atoms with Gasteiger partial charge in [0.15, 0.2) is 0 Å². The summed E-state index contributed by atoms with van der Waals surface area (Å²) in [5.41, 5.74) is 1.09. The van der Waals surface area contributed by atoms with Crippen molar-refractivity contribution in [1.29, 1.82) is 0 Å². The third kappa shape index (κ3) is 4.34. The van der Waals surface area contributed by atoms with Gasteiger partial charge in [-0.05, 0) is 61.0 Å². The average Bonchev–Trinajstić information content (AvgIpc) is 3.09. The van der Waals surface area contributed by atoms with Gasteiger partial charge in [-0.1, -0.05) is 41.4 Å². The number of nitrogens with zero attached hydrogens (tertiary/aromatic N) is 1. The van der Waals surface area contributed by atoms with Crippen molar-refractivity contribution in [2.45, 2.75) is 13.0 Å². The molecule has 1 aliphatic rings. The van der Waals surface area contributed by atoms with E-state index in [2.05, 4.69) is 0 Å². The second kappa shape index (κ2) is 9.79. The van der Waals surface area contributed by atoms with E-state index in [9.17, 15) is 14.7 Å². The first-order valence-electron chi connectivity index (χ1n) is 10.5. The summed E-state index contributed by atoms with van der Waals surface area (Å²) in [5.74, 6) is -1.16. The van der Waals surface area contributed by atoms with Gasteiger partial charge in [-0.15, -0.1) is 0 Å². The van der Waals surface area contributed by atoms with Gasteiger partial charge < -0.3 is 14.6 Å². The van der Waals surface area contributed by atoms with Crippen molar-refractivity contribution in [2.75, 3.05) is 18.6 Å². The topological polar surface area (TPSA) is 76.1 Å². The van der Waals surface area contributed by atoms with Gasteiger partial charge >= 0.3 is 0 Å². The van der Waals surface area contributed by atoms with Crippen LogP contribution < -0.4 is 14.4 Å². The summed E-state index contributed by atoms with van der Waals surface area (Å²) < 4.78 is 11.0. The molecular formula is C26H21Cl2NO5. The number of anilines is 1. The lowest BCUT2D eigenvalue weighted by atomic mass is 9.94. The fraction of sp³-hybridized carbons (Fsp3) is 0.154. The van der Waals surface area contributed by atoms with E-state index in [0.717, 1.165) is 0 Å².